The molecule has 1 aliphatic carbocycles. The maximum atomic E-state index is 11.9. The Balaban J connectivity index is 1.76. The van der Waals surface area contributed by atoms with Gasteiger partial charge in [0.2, 0.25) is 0 Å². The summed E-state index contributed by atoms with van der Waals surface area (Å²) in [5.74, 6) is -1.14. The van der Waals surface area contributed by atoms with Gasteiger partial charge >= 0.3 is 17.9 Å². The van der Waals surface area contributed by atoms with E-state index < -0.39 is 17.7 Å². The van der Waals surface area contributed by atoms with Gasteiger partial charge in [-0.3, -0.25) is 14.4 Å². The molecule has 0 aromatic rings. The molecule has 1 saturated carbocycles. The van der Waals surface area contributed by atoms with Gasteiger partial charge in [0.05, 0.1) is 18.3 Å². The summed E-state index contributed by atoms with van der Waals surface area (Å²) in [6.07, 6.45) is 2.24. The first-order valence-electron chi connectivity index (χ1n) is 7.94. The highest BCUT2D eigenvalue weighted by molar-refractivity contribution is 5.76. The summed E-state index contributed by atoms with van der Waals surface area (Å²) >= 11 is 0. The number of carbonyl (C=O) groups is 3. The number of ether oxygens (including phenoxy) is 3. The molecule has 4 unspecified atom stereocenters. The number of fused-ring (bicyclic) bond motifs is 2. The van der Waals surface area contributed by atoms with Crippen LogP contribution in [0.25, 0.3) is 0 Å². The Hall–Kier alpha value is -1.59. The zero-order valence-corrected chi connectivity index (χ0v) is 13.4. The van der Waals surface area contributed by atoms with Crippen LogP contribution in [0.1, 0.15) is 52.9 Å². The predicted octanol–water partition coefficient (Wildman–Crippen LogP) is 1.99. The lowest BCUT2D eigenvalue weighted by molar-refractivity contribution is -0.174. The lowest BCUT2D eigenvalue weighted by Crippen LogP contribution is -2.44. The van der Waals surface area contributed by atoms with Crippen molar-refractivity contribution in [1.82, 2.24) is 0 Å². The van der Waals surface area contributed by atoms with Gasteiger partial charge in [-0.05, 0) is 26.2 Å². The van der Waals surface area contributed by atoms with Crippen LogP contribution in [0.4, 0.5) is 0 Å². The minimum Gasteiger partial charge on any atom is -0.465 e. The summed E-state index contributed by atoms with van der Waals surface area (Å²) in [6.45, 7) is 5.52. The molecule has 0 amide bonds. The van der Waals surface area contributed by atoms with Crippen LogP contribution >= 0.6 is 0 Å². The topological polar surface area (TPSA) is 78.9 Å². The third kappa shape index (κ3) is 3.59. The summed E-state index contributed by atoms with van der Waals surface area (Å²) < 4.78 is 15.8. The fourth-order valence-electron chi connectivity index (χ4n) is 2.95. The smallest absolute Gasteiger partial charge is 0.309 e. The largest absolute Gasteiger partial charge is 0.465 e. The van der Waals surface area contributed by atoms with Crippen molar-refractivity contribution in [1.29, 1.82) is 0 Å². The quantitative estimate of drug-likeness (QED) is 0.551. The molecule has 2 aliphatic rings. The van der Waals surface area contributed by atoms with E-state index in [2.05, 4.69) is 0 Å². The molecule has 0 aromatic carbocycles. The van der Waals surface area contributed by atoms with E-state index in [1.165, 1.54) is 0 Å². The average Bonchev–Trinajstić information content (AvgIpc) is 2.71. The minimum absolute atomic E-state index is 0.0200. The lowest BCUT2D eigenvalue weighted by Gasteiger charge is -2.34. The van der Waals surface area contributed by atoms with E-state index in [1.807, 2.05) is 13.8 Å². The first-order chi connectivity index (χ1) is 10.4. The Kier molecular flexibility index (Phi) is 5.08. The van der Waals surface area contributed by atoms with E-state index >= 15 is 0 Å². The van der Waals surface area contributed by atoms with E-state index in [1.54, 1.807) is 6.92 Å². The van der Waals surface area contributed by atoms with Crippen molar-refractivity contribution < 1.29 is 28.6 Å². The fraction of sp³-hybridized carbons (Fsp3) is 0.812. The second-order valence-corrected chi connectivity index (χ2v) is 6.42. The van der Waals surface area contributed by atoms with E-state index in [-0.39, 0.29) is 36.8 Å². The lowest BCUT2D eigenvalue weighted by atomic mass is 9.80. The third-order valence-electron chi connectivity index (χ3n) is 4.62. The van der Waals surface area contributed by atoms with E-state index in [0.29, 0.717) is 25.7 Å². The zero-order chi connectivity index (χ0) is 16.3. The standard InChI is InChI=1S/C16H24O6/c1-4-10(2)14(18)20-8-7-13(17)21-12-6-5-11-9-16(12,3)22-15(11)19/h10-12H,4-9H2,1-3H3. The van der Waals surface area contributed by atoms with Gasteiger partial charge in [0.1, 0.15) is 18.3 Å². The van der Waals surface area contributed by atoms with Gasteiger partial charge in [0.25, 0.3) is 0 Å². The Morgan fingerprint density at radius 1 is 1.41 bits per heavy atom. The normalized spacial score (nSPS) is 31.3. The van der Waals surface area contributed by atoms with E-state index in [0.717, 1.165) is 0 Å². The molecule has 6 nitrogen and oxygen atoms in total. The van der Waals surface area contributed by atoms with Crippen LogP contribution in [0.2, 0.25) is 0 Å². The molecule has 2 bridgehead atoms. The Bertz CT molecular complexity index is 460. The maximum absolute atomic E-state index is 11.9. The molecule has 124 valence electrons. The van der Waals surface area contributed by atoms with Crippen LogP contribution in [-0.2, 0) is 28.6 Å². The van der Waals surface area contributed by atoms with Crippen LogP contribution in [0.3, 0.4) is 0 Å². The summed E-state index contributed by atoms with van der Waals surface area (Å²) in [7, 11) is 0. The first-order valence-corrected chi connectivity index (χ1v) is 7.94. The summed E-state index contributed by atoms with van der Waals surface area (Å²) in [5.41, 5.74) is -0.705. The van der Waals surface area contributed by atoms with Gasteiger partial charge in [-0.15, -0.1) is 0 Å². The summed E-state index contributed by atoms with van der Waals surface area (Å²) in [6, 6.07) is 0. The highest BCUT2D eigenvalue weighted by Gasteiger charge is 2.53. The van der Waals surface area contributed by atoms with Crippen molar-refractivity contribution in [2.45, 2.75) is 64.6 Å². The van der Waals surface area contributed by atoms with Crippen LogP contribution < -0.4 is 0 Å². The van der Waals surface area contributed by atoms with Crippen LogP contribution in [0.15, 0.2) is 0 Å². The number of carbonyl (C=O) groups excluding carboxylic acids is 3. The number of rotatable bonds is 6. The van der Waals surface area contributed by atoms with Crippen LogP contribution in [0, 0.1) is 11.8 Å². The molecule has 0 spiro atoms. The SMILES string of the molecule is CCC(C)C(=O)OCCC(=O)OC1CCC2CC1(C)OC2=O. The van der Waals surface area contributed by atoms with Gasteiger partial charge in [-0.25, -0.2) is 0 Å². The highest BCUT2D eigenvalue weighted by Crippen LogP contribution is 2.43. The van der Waals surface area contributed by atoms with E-state index in [4.69, 9.17) is 14.2 Å². The van der Waals surface area contributed by atoms with E-state index in [9.17, 15) is 14.4 Å². The van der Waals surface area contributed by atoms with Gasteiger partial charge in [0.15, 0.2) is 0 Å². The monoisotopic (exact) mass is 312 g/mol. The maximum Gasteiger partial charge on any atom is 0.309 e. The van der Waals surface area contributed by atoms with Gasteiger partial charge in [-0.1, -0.05) is 13.8 Å². The van der Waals surface area contributed by atoms with Crippen LogP contribution in [-0.4, -0.2) is 36.2 Å². The molecular formula is C16H24O6. The Morgan fingerprint density at radius 2 is 2.14 bits per heavy atom. The first kappa shape index (κ1) is 16.8. The van der Waals surface area contributed by atoms with Gasteiger partial charge < -0.3 is 14.2 Å². The van der Waals surface area contributed by atoms with Crippen molar-refractivity contribution in [2.75, 3.05) is 6.61 Å². The molecule has 0 N–H and O–H groups in total. The summed E-state index contributed by atoms with van der Waals surface area (Å²) in [5, 5.41) is 0. The Morgan fingerprint density at radius 3 is 2.82 bits per heavy atom. The molecule has 0 aromatic heterocycles. The van der Waals surface area contributed by atoms with Crippen molar-refractivity contribution in [3.63, 3.8) is 0 Å². The molecule has 2 fully saturated rings. The highest BCUT2D eigenvalue weighted by atomic mass is 16.6. The molecule has 22 heavy (non-hydrogen) atoms. The van der Waals surface area contributed by atoms with Crippen molar-refractivity contribution in [3.05, 3.63) is 0 Å². The second kappa shape index (κ2) is 6.67. The molecule has 6 heteroatoms. The van der Waals surface area contributed by atoms with Crippen LogP contribution in [0.5, 0.6) is 0 Å². The van der Waals surface area contributed by atoms with Crippen molar-refractivity contribution in [2.24, 2.45) is 11.8 Å². The molecule has 4 atom stereocenters. The Labute approximate surface area is 130 Å². The third-order valence-corrected chi connectivity index (χ3v) is 4.62. The second-order valence-electron chi connectivity index (χ2n) is 6.42. The zero-order valence-electron chi connectivity index (χ0n) is 13.4. The predicted molar refractivity (Wildman–Crippen MR) is 76.7 cm³/mol. The average molecular weight is 312 g/mol. The van der Waals surface area contributed by atoms with Gasteiger partial charge in [-0.2, -0.15) is 0 Å². The van der Waals surface area contributed by atoms with Gasteiger partial charge in [0, 0.05) is 6.42 Å². The number of hydrogen-bond acceptors (Lipinski definition) is 6. The van der Waals surface area contributed by atoms with Crippen molar-refractivity contribution in [3.8, 4) is 0 Å². The minimum atomic E-state index is -0.705. The number of hydrogen-bond donors (Lipinski definition) is 0. The molecule has 1 saturated heterocycles. The fourth-order valence-corrected chi connectivity index (χ4v) is 2.95. The molecule has 0 radical (unpaired) electrons. The van der Waals surface area contributed by atoms with Crippen molar-refractivity contribution >= 4 is 17.9 Å². The molecular weight excluding hydrogens is 288 g/mol. The molecule has 1 heterocycles. The number of esters is 3. The summed E-state index contributed by atoms with van der Waals surface area (Å²) in [4.78, 5) is 35.0. The molecule has 2 rings (SSSR count). The molecule has 1 aliphatic heterocycles.